The van der Waals surface area contributed by atoms with Gasteiger partial charge in [0, 0.05) is 17.3 Å². The second-order valence-corrected chi connectivity index (χ2v) is 8.36. The van der Waals surface area contributed by atoms with E-state index < -0.39 is 0 Å². The van der Waals surface area contributed by atoms with Crippen LogP contribution in [0.3, 0.4) is 0 Å². The molecule has 0 saturated carbocycles. The van der Waals surface area contributed by atoms with Crippen LogP contribution in [0.25, 0.3) is 0 Å². The molecule has 0 unspecified atom stereocenters. The molecule has 3 rings (SSSR count). The number of carbonyl (C=O) groups is 2. The van der Waals surface area contributed by atoms with E-state index in [-0.39, 0.29) is 24.1 Å². The number of nitrogens with one attached hydrogen (secondary N) is 2. The normalized spacial score (nSPS) is 10.7. The lowest BCUT2D eigenvalue weighted by molar-refractivity contribution is -0.113. The Bertz CT molecular complexity index is 1100. The molecule has 1 aromatic heterocycles. The number of halogens is 2. The number of rotatable bonds is 8. The summed E-state index contributed by atoms with van der Waals surface area (Å²) < 4.78 is 1.85. The van der Waals surface area contributed by atoms with Gasteiger partial charge in [-0.1, -0.05) is 53.2 Å². The van der Waals surface area contributed by atoms with Crippen LogP contribution in [-0.2, 0) is 17.9 Å². The van der Waals surface area contributed by atoms with E-state index in [2.05, 4.69) is 20.8 Å². The first-order chi connectivity index (χ1) is 14.9. The summed E-state index contributed by atoms with van der Waals surface area (Å²) in [5.41, 5.74) is 1.98. The molecule has 0 aliphatic rings. The van der Waals surface area contributed by atoms with Gasteiger partial charge in [0.2, 0.25) is 5.91 Å². The maximum Gasteiger partial charge on any atom is 0.253 e. The summed E-state index contributed by atoms with van der Waals surface area (Å²) in [7, 11) is 0. The quantitative estimate of drug-likeness (QED) is 0.463. The molecule has 2 amide bonds. The van der Waals surface area contributed by atoms with E-state index in [1.807, 2.05) is 24.5 Å². The van der Waals surface area contributed by atoms with Gasteiger partial charge in [-0.05, 0) is 43.7 Å². The molecule has 0 aliphatic heterocycles. The van der Waals surface area contributed by atoms with Crippen molar-refractivity contribution in [3.8, 4) is 0 Å². The highest BCUT2D eigenvalue weighted by Gasteiger charge is 2.15. The number of hydrogen-bond donors (Lipinski definition) is 2. The highest BCUT2D eigenvalue weighted by Crippen LogP contribution is 2.21. The van der Waals surface area contributed by atoms with E-state index in [1.165, 1.54) is 11.8 Å². The van der Waals surface area contributed by atoms with Crippen molar-refractivity contribution in [2.45, 2.75) is 32.1 Å². The molecule has 2 N–H and O–H groups in total. The lowest BCUT2D eigenvalue weighted by Gasteiger charge is -2.09. The summed E-state index contributed by atoms with van der Waals surface area (Å²) in [4.78, 5) is 24.6. The highest BCUT2D eigenvalue weighted by molar-refractivity contribution is 7.99. The lowest BCUT2D eigenvalue weighted by Crippen LogP contribution is -2.25. The molecule has 0 aliphatic carbocycles. The minimum Gasteiger partial charge on any atom is -0.345 e. The van der Waals surface area contributed by atoms with E-state index >= 15 is 0 Å². The Hall–Kier alpha value is -2.55. The minimum absolute atomic E-state index is 0.162. The van der Waals surface area contributed by atoms with Gasteiger partial charge in [-0.2, -0.15) is 0 Å². The average molecular weight is 478 g/mol. The zero-order valence-electron chi connectivity index (χ0n) is 17.0. The summed E-state index contributed by atoms with van der Waals surface area (Å²) in [5.74, 6) is 0.289. The first-order valence-corrected chi connectivity index (χ1v) is 11.3. The third kappa shape index (κ3) is 6.00. The molecule has 0 bridgehead atoms. The number of aromatic nitrogens is 3. The van der Waals surface area contributed by atoms with E-state index in [0.717, 1.165) is 5.56 Å². The van der Waals surface area contributed by atoms with Gasteiger partial charge < -0.3 is 15.2 Å². The Morgan fingerprint density at radius 2 is 1.87 bits per heavy atom. The number of hydrogen-bond acceptors (Lipinski definition) is 5. The molecular formula is C21H21Cl2N5O2S. The van der Waals surface area contributed by atoms with Gasteiger partial charge in [0.1, 0.15) is 0 Å². The van der Waals surface area contributed by atoms with Crippen molar-refractivity contribution in [2.75, 3.05) is 11.1 Å². The Kier molecular flexibility index (Phi) is 7.95. The first-order valence-electron chi connectivity index (χ1n) is 9.52. The van der Waals surface area contributed by atoms with Crippen molar-refractivity contribution in [1.82, 2.24) is 20.1 Å². The molecule has 3 aromatic rings. The number of amides is 2. The minimum atomic E-state index is -0.290. The van der Waals surface area contributed by atoms with E-state index in [4.69, 9.17) is 23.2 Å². The zero-order chi connectivity index (χ0) is 22.4. The largest absolute Gasteiger partial charge is 0.345 e. The van der Waals surface area contributed by atoms with E-state index in [0.29, 0.717) is 38.8 Å². The third-order valence-electron chi connectivity index (χ3n) is 4.42. The molecule has 0 fully saturated rings. The van der Waals surface area contributed by atoms with Crippen LogP contribution in [0.5, 0.6) is 0 Å². The Labute approximate surface area is 194 Å². The molecule has 0 radical (unpaired) electrons. The molecule has 2 aromatic carbocycles. The second-order valence-electron chi connectivity index (χ2n) is 6.61. The summed E-state index contributed by atoms with van der Waals surface area (Å²) in [6.45, 7) is 4.64. The zero-order valence-corrected chi connectivity index (χ0v) is 19.3. The van der Waals surface area contributed by atoms with E-state index in [9.17, 15) is 9.59 Å². The van der Waals surface area contributed by atoms with Gasteiger partial charge in [0.05, 0.1) is 22.9 Å². The predicted molar refractivity (Wildman–Crippen MR) is 124 cm³/mol. The van der Waals surface area contributed by atoms with Crippen molar-refractivity contribution in [3.63, 3.8) is 0 Å². The molecule has 10 heteroatoms. The maximum atomic E-state index is 12.4. The SMILES string of the molecule is CCn1c(CNC(=O)c2ccccc2Cl)nnc1SCC(=O)Nc1ccc(C)c(Cl)c1. The molecule has 0 saturated heterocycles. The van der Waals surface area contributed by atoms with Crippen molar-refractivity contribution in [1.29, 1.82) is 0 Å². The van der Waals surface area contributed by atoms with Crippen LogP contribution in [-0.4, -0.2) is 32.3 Å². The maximum absolute atomic E-state index is 12.4. The van der Waals surface area contributed by atoms with Crippen molar-refractivity contribution in [2.24, 2.45) is 0 Å². The molecule has 1 heterocycles. The van der Waals surface area contributed by atoms with Crippen molar-refractivity contribution in [3.05, 3.63) is 69.5 Å². The van der Waals surface area contributed by atoms with Crippen LogP contribution in [0.2, 0.25) is 10.0 Å². The smallest absolute Gasteiger partial charge is 0.253 e. The topological polar surface area (TPSA) is 88.9 Å². The van der Waals surface area contributed by atoms with E-state index in [1.54, 1.807) is 36.4 Å². The van der Waals surface area contributed by atoms with Crippen molar-refractivity contribution < 1.29 is 9.59 Å². The van der Waals surface area contributed by atoms with Gasteiger partial charge in [-0.3, -0.25) is 9.59 Å². The summed E-state index contributed by atoms with van der Waals surface area (Å²) in [6, 6.07) is 12.2. The number of nitrogens with zero attached hydrogens (tertiary/aromatic N) is 3. The van der Waals surface area contributed by atoms with Crippen LogP contribution in [0.4, 0.5) is 5.69 Å². The van der Waals surface area contributed by atoms with Crippen LogP contribution >= 0.6 is 35.0 Å². The fourth-order valence-electron chi connectivity index (χ4n) is 2.77. The molecule has 7 nitrogen and oxygen atoms in total. The van der Waals surface area contributed by atoms with Crippen LogP contribution in [0.1, 0.15) is 28.7 Å². The Morgan fingerprint density at radius 1 is 1.10 bits per heavy atom. The molecule has 0 atom stereocenters. The predicted octanol–water partition coefficient (Wildman–Crippen LogP) is 4.57. The third-order valence-corrected chi connectivity index (χ3v) is 6.13. The molecule has 0 spiro atoms. The summed E-state index contributed by atoms with van der Waals surface area (Å²) >= 11 is 13.4. The van der Waals surface area contributed by atoms with Gasteiger partial charge in [-0.25, -0.2) is 0 Å². The fraction of sp³-hybridized carbons (Fsp3) is 0.238. The number of aryl methyl sites for hydroxylation is 1. The first kappa shape index (κ1) is 23.1. The van der Waals surface area contributed by atoms with Gasteiger partial charge in [-0.15, -0.1) is 10.2 Å². The number of benzene rings is 2. The monoisotopic (exact) mass is 477 g/mol. The van der Waals surface area contributed by atoms with Gasteiger partial charge >= 0.3 is 0 Å². The summed E-state index contributed by atoms with van der Waals surface area (Å²) in [6.07, 6.45) is 0. The number of thioether (sulfide) groups is 1. The molecule has 162 valence electrons. The van der Waals surface area contributed by atoms with Crippen molar-refractivity contribution >= 4 is 52.5 Å². The fourth-order valence-corrected chi connectivity index (χ4v) is 4.00. The van der Waals surface area contributed by atoms with Crippen LogP contribution in [0, 0.1) is 6.92 Å². The second kappa shape index (κ2) is 10.7. The lowest BCUT2D eigenvalue weighted by atomic mass is 10.2. The number of anilines is 1. The molecular weight excluding hydrogens is 457 g/mol. The van der Waals surface area contributed by atoms with Gasteiger partial charge in [0.15, 0.2) is 11.0 Å². The van der Waals surface area contributed by atoms with Crippen LogP contribution < -0.4 is 10.6 Å². The standard InChI is InChI=1S/C21H21Cl2N5O2S/c1-3-28-18(11-24-20(30)15-6-4-5-7-16(15)22)26-27-21(28)31-12-19(29)25-14-9-8-13(2)17(23)10-14/h4-10H,3,11-12H2,1-2H3,(H,24,30)(H,25,29). The van der Waals surface area contributed by atoms with Gasteiger partial charge in [0.25, 0.3) is 5.91 Å². The Balaban J connectivity index is 1.58. The molecule has 31 heavy (non-hydrogen) atoms. The summed E-state index contributed by atoms with van der Waals surface area (Å²) in [5, 5.41) is 15.5. The Morgan fingerprint density at radius 3 is 2.58 bits per heavy atom. The highest BCUT2D eigenvalue weighted by atomic mass is 35.5. The average Bonchev–Trinajstić information content (AvgIpc) is 3.15. The van der Waals surface area contributed by atoms with Crippen LogP contribution in [0.15, 0.2) is 47.6 Å². The number of carbonyl (C=O) groups excluding carboxylic acids is 2.